The minimum Gasteiger partial charge on any atom is -0.465 e. The molecule has 1 aliphatic heterocycles. The first-order valence-electron chi connectivity index (χ1n) is 7.77. The Labute approximate surface area is 134 Å². The summed E-state index contributed by atoms with van der Waals surface area (Å²) in [6.45, 7) is 5.55. The minimum absolute atomic E-state index is 0.0293. The second kappa shape index (κ2) is 5.64. The molecule has 7 heteroatoms. The fraction of sp³-hybridized carbons (Fsp3) is 0.500. The number of carbonyl (C=O) groups is 1. The van der Waals surface area contributed by atoms with Gasteiger partial charge in [0.05, 0.1) is 11.4 Å². The molecule has 3 N–H and O–H groups in total. The molecule has 124 valence electrons. The van der Waals surface area contributed by atoms with E-state index in [9.17, 15) is 4.79 Å². The molecular formula is C16H22N4O3. The third-order valence-electron chi connectivity index (χ3n) is 4.51. The Morgan fingerprint density at radius 2 is 2.30 bits per heavy atom. The molecule has 0 spiro atoms. The first-order chi connectivity index (χ1) is 10.9. The summed E-state index contributed by atoms with van der Waals surface area (Å²) in [5, 5.41) is 10.0. The number of rotatable bonds is 3. The summed E-state index contributed by atoms with van der Waals surface area (Å²) in [5.41, 5.74) is 7.65. The van der Waals surface area contributed by atoms with Gasteiger partial charge in [-0.15, -0.1) is 0 Å². The normalized spacial score (nSPS) is 18.1. The summed E-state index contributed by atoms with van der Waals surface area (Å²) in [5.74, 6) is 1.47. The van der Waals surface area contributed by atoms with Crippen molar-refractivity contribution in [3.63, 3.8) is 0 Å². The maximum Gasteiger partial charge on any atom is 0.407 e. The largest absolute Gasteiger partial charge is 0.465 e. The zero-order valence-electron chi connectivity index (χ0n) is 13.6. The molecule has 7 nitrogen and oxygen atoms in total. The van der Waals surface area contributed by atoms with Gasteiger partial charge in [-0.3, -0.25) is 0 Å². The van der Waals surface area contributed by atoms with E-state index in [0.717, 1.165) is 35.3 Å². The quantitative estimate of drug-likeness (QED) is 0.903. The summed E-state index contributed by atoms with van der Waals surface area (Å²) in [4.78, 5) is 19.2. The number of furan rings is 1. The van der Waals surface area contributed by atoms with Crippen molar-refractivity contribution in [2.75, 3.05) is 30.8 Å². The van der Waals surface area contributed by atoms with E-state index >= 15 is 0 Å². The summed E-state index contributed by atoms with van der Waals surface area (Å²) in [6, 6.07) is 1.77. The number of carboxylic acid groups (broad SMARTS) is 1. The number of nitrogens with zero attached hydrogens (tertiary/aromatic N) is 3. The number of fused-ring (bicyclic) bond motifs is 1. The van der Waals surface area contributed by atoms with Gasteiger partial charge in [-0.05, 0) is 12.3 Å². The highest BCUT2D eigenvalue weighted by atomic mass is 16.4. The van der Waals surface area contributed by atoms with Crippen molar-refractivity contribution in [1.29, 1.82) is 0 Å². The number of anilines is 2. The van der Waals surface area contributed by atoms with Crippen LogP contribution in [-0.4, -0.2) is 47.3 Å². The second-order valence-electron chi connectivity index (χ2n) is 6.37. The van der Waals surface area contributed by atoms with Gasteiger partial charge in [0.25, 0.3) is 0 Å². The van der Waals surface area contributed by atoms with E-state index in [0.29, 0.717) is 12.4 Å². The summed E-state index contributed by atoms with van der Waals surface area (Å²) in [7, 11) is 1.61. The lowest BCUT2D eigenvalue weighted by molar-refractivity contribution is 0.142. The van der Waals surface area contributed by atoms with E-state index < -0.39 is 6.09 Å². The Morgan fingerprint density at radius 1 is 1.57 bits per heavy atom. The average Bonchev–Trinajstić information content (AvgIpc) is 3.10. The van der Waals surface area contributed by atoms with E-state index in [1.54, 1.807) is 13.1 Å². The van der Waals surface area contributed by atoms with Crippen LogP contribution in [0.3, 0.4) is 0 Å². The number of pyridine rings is 1. The SMILES string of the molecule is CC(C)c1cnc(N2CCC(N(C)C(=O)O)C2)c2cc(N)oc12. The molecule has 1 fully saturated rings. The molecular weight excluding hydrogens is 296 g/mol. The van der Waals surface area contributed by atoms with Crippen molar-refractivity contribution >= 4 is 28.8 Å². The van der Waals surface area contributed by atoms with Gasteiger partial charge in [-0.1, -0.05) is 13.8 Å². The highest BCUT2D eigenvalue weighted by Gasteiger charge is 2.30. The van der Waals surface area contributed by atoms with Crippen LogP contribution in [0.5, 0.6) is 0 Å². The molecule has 2 aromatic heterocycles. The maximum atomic E-state index is 11.1. The smallest absolute Gasteiger partial charge is 0.407 e. The Balaban J connectivity index is 1.95. The molecule has 1 unspecified atom stereocenters. The predicted octanol–water partition coefficient (Wildman–Crippen LogP) is 2.72. The van der Waals surface area contributed by atoms with Crippen LogP contribution in [0.15, 0.2) is 16.7 Å². The maximum absolute atomic E-state index is 11.1. The van der Waals surface area contributed by atoms with Crippen LogP contribution in [0.2, 0.25) is 0 Å². The van der Waals surface area contributed by atoms with Crippen LogP contribution in [0.25, 0.3) is 11.0 Å². The summed E-state index contributed by atoms with van der Waals surface area (Å²) in [6.07, 6.45) is 1.71. The first-order valence-corrected chi connectivity index (χ1v) is 7.77. The fourth-order valence-corrected chi connectivity index (χ4v) is 3.12. The molecule has 0 aliphatic carbocycles. The molecule has 1 atom stereocenters. The van der Waals surface area contributed by atoms with E-state index in [4.69, 9.17) is 15.3 Å². The minimum atomic E-state index is -0.905. The third-order valence-corrected chi connectivity index (χ3v) is 4.51. The lowest BCUT2D eigenvalue weighted by Gasteiger charge is -2.23. The Hall–Kier alpha value is -2.44. The second-order valence-corrected chi connectivity index (χ2v) is 6.37. The van der Waals surface area contributed by atoms with Gasteiger partial charge in [0.2, 0.25) is 0 Å². The molecule has 1 aliphatic rings. The van der Waals surface area contributed by atoms with Gasteiger partial charge in [-0.25, -0.2) is 9.78 Å². The Morgan fingerprint density at radius 3 is 2.96 bits per heavy atom. The van der Waals surface area contributed by atoms with Crippen LogP contribution >= 0.6 is 0 Å². The molecule has 1 amide bonds. The van der Waals surface area contributed by atoms with Crippen LogP contribution in [0.4, 0.5) is 16.5 Å². The van der Waals surface area contributed by atoms with Gasteiger partial charge < -0.3 is 25.1 Å². The Bertz CT molecular complexity index is 740. The monoisotopic (exact) mass is 318 g/mol. The number of nitrogen functional groups attached to an aromatic ring is 1. The number of hydrogen-bond donors (Lipinski definition) is 2. The van der Waals surface area contributed by atoms with Crippen molar-refractivity contribution in [2.24, 2.45) is 0 Å². The molecule has 3 rings (SSSR count). The average molecular weight is 318 g/mol. The van der Waals surface area contributed by atoms with E-state index in [1.165, 1.54) is 4.90 Å². The molecule has 0 saturated carbocycles. The highest BCUT2D eigenvalue weighted by molar-refractivity contribution is 5.93. The number of aromatic nitrogens is 1. The molecule has 1 saturated heterocycles. The van der Waals surface area contributed by atoms with Gasteiger partial charge in [-0.2, -0.15) is 0 Å². The highest BCUT2D eigenvalue weighted by Crippen LogP contribution is 2.35. The zero-order valence-corrected chi connectivity index (χ0v) is 13.6. The van der Waals surface area contributed by atoms with Crippen LogP contribution in [0, 0.1) is 0 Å². The van der Waals surface area contributed by atoms with Crippen molar-refractivity contribution in [1.82, 2.24) is 9.88 Å². The number of likely N-dealkylation sites (N-methyl/N-ethyl adjacent to an activating group) is 1. The number of amides is 1. The lowest BCUT2D eigenvalue weighted by Crippen LogP contribution is -2.38. The van der Waals surface area contributed by atoms with Gasteiger partial charge in [0.1, 0.15) is 11.4 Å². The summed E-state index contributed by atoms with van der Waals surface area (Å²) < 4.78 is 5.68. The van der Waals surface area contributed by atoms with Crippen molar-refractivity contribution in [2.45, 2.75) is 32.2 Å². The molecule has 0 radical (unpaired) electrons. The van der Waals surface area contributed by atoms with Crippen LogP contribution < -0.4 is 10.6 Å². The van der Waals surface area contributed by atoms with Gasteiger partial charge in [0.15, 0.2) is 5.88 Å². The van der Waals surface area contributed by atoms with E-state index in [1.807, 2.05) is 6.20 Å². The molecule has 0 aromatic carbocycles. The lowest BCUT2D eigenvalue weighted by atomic mass is 10.0. The zero-order chi connectivity index (χ0) is 16.7. The number of hydrogen-bond acceptors (Lipinski definition) is 5. The summed E-state index contributed by atoms with van der Waals surface area (Å²) >= 11 is 0. The van der Waals surface area contributed by atoms with Crippen molar-refractivity contribution in [3.05, 3.63) is 17.8 Å². The van der Waals surface area contributed by atoms with Crippen molar-refractivity contribution in [3.8, 4) is 0 Å². The van der Waals surface area contributed by atoms with Crippen LogP contribution in [0.1, 0.15) is 31.7 Å². The van der Waals surface area contributed by atoms with Crippen LogP contribution in [-0.2, 0) is 0 Å². The molecule has 3 heterocycles. The fourth-order valence-electron chi connectivity index (χ4n) is 3.12. The van der Waals surface area contributed by atoms with Gasteiger partial charge >= 0.3 is 6.09 Å². The first kappa shape index (κ1) is 15.5. The topological polar surface area (TPSA) is 95.8 Å². The van der Waals surface area contributed by atoms with Gasteiger partial charge in [0, 0.05) is 38.0 Å². The van der Waals surface area contributed by atoms with Crippen molar-refractivity contribution < 1.29 is 14.3 Å². The molecule has 23 heavy (non-hydrogen) atoms. The van der Waals surface area contributed by atoms with E-state index in [2.05, 4.69) is 23.7 Å². The standard InChI is InChI=1S/C16H22N4O3/c1-9(2)12-7-18-15(11-6-13(17)23-14(11)12)20-5-4-10(8-20)19(3)16(21)22/h6-7,9-10H,4-5,8,17H2,1-3H3,(H,21,22). The number of nitrogens with two attached hydrogens (primary N) is 1. The molecule has 2 aromatic rings. The molecule has 0 bridgehead atoms. The Kier molecular flexibility index (Phi) is 3.79. The van der Waals surface area contributed by atoms with E-state index in [-0.39, 0.29) is 12.0 Å². The predicted molar refractivity (Wildman–Crippen MR) is 88.9 cm³/mol. The third kappa shape index (κ3) is 2.67.